The van der Waals surface area contributed by atoms with Crippen LogP contribution in [-0.2, 0) is 0 Å². The van der Waals surface area contributed by atoms with Gasteiger partial charge in [0.1, 0.15) is 15.6 Å². The number of nitrogens with one attached hydrogen (secondary N) is 3. The van der Waals surface area contributed by atoms with Crippen molar-refractivity contribution >= 4 is 23.2 Å². The zero-order valence-electron chi connectivity index (χ0n) is 12.2. The van der Waals surface area contributed by atoms with Gasteiger partial charge >= 0.3 is 0 Å². The van der Waals surface area contributed by atoms with Gasteiger partial charge in [-0.1, -0.05) is 6.07 Å². The average molecular weight is 327 g/mol. The number of aromatic amines is 1. The highest BCUT2D eigenvalue weighted by atomic mass is 32.1. The van der Waals surface area contributed by atoms with Gasteiger partial charge in [-0.05, 0) is 31.2 Å². The lowest BCUT2D eigenvalue weighted by Crippen LogP contribution is -2.41. The molecule has 0 atom stereocenters. The first-order valence-corrected chi connectivity index (χ1v) is 7.59. The van der Waals surface area contributed by atoms with Gasteiger partial charge < -0.3 is 4.98 Å². The standard InChI is InChI=1S/C15H13N5O2S/c1-9-12(23-15(18-9)11-5-2-3-7-17-11)14(22)20-19-13(21)10-6-4-8-16-10/h2-8,16H,1H3,(H,19,21)(H,20,22). The maximum Gasteiger partial charge on any atom is 0.286 e. The number of hydrogen-bond acceptors (Lipinski definition) is 5. The lowest BCUT2D eigenvalue weighted by atomic mass is 10.3. The lowest BCUT2D eigenvalue weighted by molar-refractivity contribution is 0.0846. The summed E-state index contributed by atoms with van der Waals surface area (Å²) in [5, 5.41) is 0.656. The topological polar surface area (TPSA) is 99.8 Å². The Kier molecular flexibility index (Phi) is 4.15. The molecule has 0 aliphatic carbocycles. The maximum atomic E-state index is 12.2. The van der Waals surface area contributed by atoms with E-state index in [0.29, 0.717) is 27.0 Å². The van der Waals surface area contributed by atoms with Crippen LogP contribution in [0, 0.1) is 6.92 Å². The Morgan fingerprint density at radius 1 is 1.13 bits per heavy atom. The Morgan fingerprint density at radius 2 is 1.96 bits per heavy atom. The zero-order valence-corrected chi connectivity index (χ0v) is 13.0. The second kappa shape index (κ2) is 6.41. The third kappa shape index (κ3) is 3.27. The molecule has 0 spiro atoms. The summed E-state index contributed by atoms with van der Waals surface area (Å²) in [4.78, 5) is 35.7. The third-order valence-corrected chi connectivity index (χ3v) is 4.20. The molecule has 7 nitrogen and oxygen atoms in total. The number of amides is 2. The molecule has 0 aliphatic rings. The molecule has 0 unspecified atom stereocenters. The summed E-state index contributed by atoms with van der Waals surface area (Å²) in [6.45, 7) is 1.74. The number of hydrazine groups is 1. The number of aromatic nitrogens is 3. The van der Waals surface area contributed by atoms with E-state index in [4.69, 9.17) is 0 Å². The molecule has 0 fully saturated rings. The van der Waals surface area contributed by atoms with E-state index in [2.05, 4.69) is 25.8 Å². The molecule has 2 amide bonds. The largest absolute Gasteiger partial charge is 0.357 e. The van der Waals surface area contributed by atoms with Crippen molar-refractivity contribution in [3.8, 4) is 10.7 Å². The van der Waals surface area contributed by atoms with Gasteiger partial charge in [-0.3, -0.25) is 25.4 Å². The van der Waals surface area contributed by atoms with Gasteiger partial charge in [0.05, 0.1) is 11.4 Å². The molecule has 23 heavy (non-hydrogen) atoms. The fraction of sp³-hybridized carbons (Fsp3) is 0.0667. The van der Waals surface area contributed by atoms with E-state index in [0.717, 1.165) is 0 Å². The summed E-state index contributed by atoms with van der Waals surface area (Å²) >= 11 is 1.23. The molecule has 0 aromatic carbocycles. The monoisotopic (exact) mass is 327 g/mol. The van der Waals surface area contributed by atoms with Gasteiger partial charge in [0.2, 0.25) is 0 Å². The summed E-state index contributed by atoms with van der Waals surface area (Å²) in [5.41, 5.74) is 6.39. The summed E-state index contributed by atoms with van der Waals surface area (Å²) in [6, 6.07) is 8.80. The molecule has 3 heterocycles. The molecule has 0 bridgehead atoms. The predicted molar refractivity (Wildman–Crippen MR) is 85.8 cm³/mol. The van der Waals surface area contributed by atoms with Crippen LogP contribution in [0.1, 0.15) is 25.9 Å². The Labute approximate surface area is 135 Å². The number of pyridine rings is 1. The minimum absolute atomic E-state index is 0.362. The van der Waals surface area contributed by atoms with Crippen LogP contribution in [0.5, 0.6) is 0 Å². The van der Waals surface area contributed by atoms with Gasteiger partial charge in [-0.2, -0.15) is 0 Å². The SMILES string of the molecule is Cc1nc(-c2ccccn2)sc1C(=O)NNC(=O)c1ccc[nH]1. The van der Waals surface area contributed by atoms with Crippen LogP contribution in [0.4, 0.5) is 0 Å². The van der Waals surface area contributed by atoms with E-state index < -0.39 is 11.8 Å². The van der Waals surface area contributed by atoms with Crippen LogP contribution >= 0.6 is 11.3 Å². The van der Waals surface area contributed by atoms with E-state index in [1.807, 2.05) is 18.2 Å². The van der Waals surface area contributed by atoms with Gasteiger partial charge in [-0.15, -0.1) is 11.3 Å². The van der Waals surface area contributed by atoms with Crippen molar-refractivity contribution in [2.24, 2.45) is 0 Å². The highest BCUT2D eigenvalue weighted by molar-refractivity contribution is 7.17. The highest BCUT2D eigenvalue weighted by Gasteiger charge is 2.17. The Bertz CT molecular complexity index is 827. The summed E-state index contributed by atoms with van der Waals surface area (Å²) in [7, 11) is 0. The quantitative estimate of drug-likeness (QED) is 0.640. The van der Waals surface area contributed by atoms with Crippen LogP contribution in [0.25, 0.3) is 10.7 Å². The molecular weight excluding hydrogens is 314 g/mol. The third-order valence-electron chi connectivity index (χ3n) is 3.02. The minimum Gasteiger partial charge on any atom is -0.357 e. The summed E-state index contributed by atoms with van der Waals surface area (Å²) in [5.74, 6) is -0.836. The minimum atomic E-state index is -0.421. The molecule has 0 saturated carbocycles. The molecule has 0 radical (unpaired) electrons. The van der Waals surface area contributed by atoms with Crippen molar-refractivity contribution in [3.63, 3.8) is 0 Å². The van der Waals surface area contributed by atoms with Crippen LogP contribution in [0.15, 0.2) is 42.7 Å². The maximum absolute atomic E-state index is 12.2. The average Bonchev–Trinajstić information content (AvgIpc) is 3.23. The van der Waals surface area contributed by atoms with Crippen molar-refractivity contribution in [2.75, 3.05) is 0 Å². The van der Waals surface area contributed by atoms with Crippen LogP contribution in [-0.4, -0.2) is 26.8 Å². The molecule has 3 rings (SSSR count). The van der Waals surface area contributed by atoms with Gasteiger partial charge in [0.25, 0.3) is 11.8 Å². The summed E-state index contributed by atoms with van der Waals surface area (Å²) in [6.07, 6.45) is 3.30. The van der Waals surface area contributed by atoms with Crippen molar-refractivity contribution in [3.05, 3.63) is 59.0 Å². The molecule has 3 aromatic heterocycles. The van der Waals surface area contributed by atoms with E-state index >= 15 is 0 Å². The number of hydrogen-bond donors (Lipinski definition) is 3. The number of aryl methyl sites for hydroxylation is 1. The molecule has 116 valence electrons. The van der Waals surface area contributed by atoms with Crippen molar-refractivity contribution in [2.45, 2.75) is 6.92 Å². The first kappa shape index (κ1) is 14.9. The first-order chi connectivity index (χ1) is 11.1. The molecular formula is C15H13N5O2S. The van der Waals surface area contributed by atoms with Crippen molar-refractivity contribution in [1.29, 1.82) is 0 Å². The van der Waals surface area contributed by atoms with Crippen LogP contribution < -0.4 is 10.9 Å². The molecule has 0 saturated heterocycles. The Hall–Kier alpha value is -3.00. The summed E-state index contributed by atoms with van der Waals surface area (Å²) < 4.78 is 0. The van der Waals surface area contributed by atoms with Crippen LogP contribution in [0.2, 0.25) is 0 Å². The van der Waals surface area contributed by atoms with Crippen LogP contribution in [0.3, 0.4) is 0 Å². The molecule has 8 heteroatoms. The van der Waals surface area contributed by atoms with Gasteiger partial charge in [0, 0.05) is 12.4 Å². The Balaban J connectivity index is 1.70. The van der Waals surface area contributed by atoms with Gasteiger partial charge in [0.15, 0.2) is 0 Å². The smallest absolute Gasteiger partial charge is 0.286 e. The second-order valence-electron chi connectivity index (χ2n) is 4.64. The lowest BCUT2D eigenvalue weighted by Gasteiger charge is -2.05. The van der Waals surface area contributed by atoms with Crippen molar-refractivity contribution in [1.82, 2.24) is 25.8 Å². The number of thiazole rings is 1. The second-order valence-corrected chi connectivity index (χ2v) is 5.64. The number of carbonyl (C=O) groups excluding carboxylic acids is 2. The molecule has 0 aliphatic heterocycles. The highest BCUT2D eigenvalue weighted by Crippen LogP contribution is 2.26. The number of H-pyrrole nitrogens is 1. The fourth-order valence-electron chi connectivity index (χ4n) is 1.92. The van der Waals surface area contributed by atoms with E-state index in [1.54, 1.807) is 31.5 Å². The number of rotatable bonds is 3. The molecule has 3 aromatic rings. The van der Waals surface area contributed by atoms with E-state index in [1.165, 1.54) is 11.3 Å². The number of nitrogens with zero attached hydrogens (tertiary/aromatic N) is 2. The number of carbonyl (C=O) groups is 2. The zero-order chi connectivity index (χ0) is 16.2. The van der Waals surface area contributed by atoms with E-state index in [-0.39, 0.29) is 0 Å². The Morgan fingerprint density at radius 3 is 2.65 bits per heavy atom. The first-order valence-electron chi connectivity index (χ1n) is 6.78. The predicted octanol–water partition coefficient (Wildman–Crippen LogP) is 1.92. The normalized spacial score (nSPS) is 10.3. The van der Waals surface area contributed by atoms with Crippen molar-refractivity contribution < 1.29 is 9.59 Å². The fourth-order valence-corrected chi connectivity index (χ4v) is 2.85. The van der Waals surface area contributed by atoms with Gasteiger partial charge in [-0.25, -0.2) is 4.98 Å². The molecule has 3 N–H and O–H groups in total. The van der Waals surface area contributed by atoms with E-state index in [9.17, 15) is 9.59 Å².